The fourth-order valence-corrected chi connectivity index (χ4v) is 2.22. The largest absolute Gasteiger partial charge is 0.407 e. The molecule has 1 saturated heterocycles. The molecule has 1 N–H and O–H groups in total. The van der Waals surface area contributed by atoms with Gasteiger partial charge in [0.2, 0.25) is 5.89 Å². The third-order valence-electron chi connectivity index (χ3n) is 3.17. The molecule has 0 aliphatic carbocycles. The van der Waals surface area contributed by atoms with Crippen LogP contribution in [0.4, 0.5) is 6.01 Å². The Labute approximate surface area is 114 Å². The third kappa shape index (κ3) is 5.16. The second-order valence-electron chi connectivity index (χ2n) is 5.30. The molecule has 6 heteroatoms. The minimum absolute atomic E-state index is 0.495. The topological polar surface area (TPSA) is 63.4 Å². The first kappa shape index (κ1) is 14.3. The van der Waals surface area contributed by atoms with Crippen LogP contribution in [0.25, 0.3) is 0 Å². The number of rotatable bonds is 8. The third-order valence-corrected chi connectivity index (χ3v) is 3.17. The zero-order valence-electron chi connectivity index (χ0n) is 11.9. The fourth-order valence-electron chi connectivity index (χ4n) is 2.22. The zero-order chi connectivity index (χ0) is 13.5. The maximum Gasteiger partial charge on any atom is 0.315 e. The molecule has 6 nitrogen and oxygen atoms in total. The zero-order valence-corrected chi connectivity index (χ0v) is 11.9. The molecule has 108 valence electrons. The van der Waals surface area contributed by atoms with Crippen molar-refractivity contribution in [1.82, 2.24) is 15.1 Å². The van der Waals surface area contributed by atoms with Crippen LogP contribution in [0.2, 0.25) is 0 Å². The quantitative estimate of drug-likeness (QED) is 0.726. The van der Waals surface area contributed by atoms with Gasteiger partial charge in [0.15, 0.2) is 0 Å². The van der Waals surface area contributed by atoms with Crippen molar-refractivity contribution in [2.45, 2.75) is 44.8 Å². The van der Waals surface area contributed by atoms with Crippen LogP contribution < -0.4 is 5.32 Å². The van der Waals surface area contributed by atoms with E-state index in [9.17, 15) is 0 Å². The van der Waals surface area contributed by atoms with Crippen molar-refractivity contribution in [2.75, 3.05) is 32.6 Å². The van der Waals surface area contributed by atoms with Gasteiger partial charge in [0, 0.05) is 13.2 Å². The average Bonchev–Trinajstić information content (AvgIpc) is 3.00. The van der Waals surface area contributed by atoms with Gasteiger partial charge in [-0.05, 0) is 46.2 Å². The Kier molecular flexibility index (Phi) is 5.60. The molecule has 1 unspecified atom stereocenters. The van der Waals surface area contributed by atoms with Crippen LogP contribution in [0.1, 0.15) is 38.0 Å². The maximum absolute atomic E-state index is 5.59. The molecule has 1 aromatic rings. The van der Waals surface area contributed by atoms with Crippen LogP contribution >= 0.6 is 0 Å². The standard InChI is InChI=1S/C13H24N4O2/c1-17(2)10-12-15-16-13(19-12)14-8-4-3-6-11-7-5-9-18-11/h11H,3-10H2,1-2H3,(H,14,16). The molecule has 1 aliphatic heterocycles. The molecule has 2 rings (SSSR count). The van der Waals surface area contributed by atoms with E-state index < -0.39 is 0 Å². The highest BCUT2D eigenvalue weighted by molar-refractivity contribution is 5.16. The Morgan fingerprint density at radius 2 is 2.21 bits per heavy atom. The predicted octanol–water partition coefficient (Wildman–Crippen LogP) is 1.89. The molecule has 0 bridgehead atoms. The van der Waals surface area contributed by atoms with Crippen molar-refractivity contribution >= 4 is 6.01 Å². The highest BCUT2D eigenvalue weighted by Crippen LogP contribution is 2.17. The monoisotopic (exact) mass is 268 g/mol. The Balaban J connectivity index is 1.56. The molecule has 2 heterocycles. The van der Waals surface area contributed by atoms with Gasteiger partial charge in [-0.25, -0.2) is 0 Å². The van der Waals surface area contributed by atoms with E-state index in [2.05, 4.69) is 15.5 Å². The van der Waals surface area contributed by atoms with E-state index in [1.54, 1.807) is 0 Å². The van der Waals surface area contributed by atoms with Crippen molar-refractivity contribution in [1.29, 1.82) is 0 Å². The highest BCUT2D eigenvalue weighted by Gasteiger charge is 2.14. The lowest BCUT2D eigenvalue weighted by Gasteiger charge is -2.08. The minimum Gasteiger partial charge on any atom is -0.407 e. The van der Waals surface area contributed by atoms with Crippen LogP contribution in [-0.2, 0) is 11.3 Å². The molecule has 0 saturated carbocycles. The summed E-state index contributed by atoms with van der Waals surface area (Å²) in [5.41, 5.74) is 0. The van der Waals surface area contributed by atoms with E-state index in [4.69, 9.17) is 9.15 Å². The summed E-state index contributed by atoms with van der Waals surface area (Å²) >= 11 is 0. The van der Waals surface area contributed by atoms with E-state index in [1.165, 1.54) is 19.3 Å². The first-order chi connectivity index (χ1) is 9.24. The summed E-state index contributed by atoms with van der Waals surface area (Å²) in [5, 5.41) is 11.1. The molecule has 0 radical (unpaired) electrons. The second-order valence-corrected chi connectivity index (χ2v) is 5.30. The van der Waals surface area contributed by atoms with Gasteiger partial charge < -0.3 is 19.4 Å². The summed E-state index contributed by atoms with van der Waals surface area (Å²) < 4.78 is 11.1. The normalized spacial score (nSPS) is 19.2. The van der Waals surface area contributed by atoms with Crippen LogP contribution in [0, 0.1) is 0 Å². The molecule has 19 heavy (non-hydrogen) atoms. The number of hydrogen-bond donors (Lipinski definition) is 1. The van der Waals surface area contributed by atoms with Crippen molar-refractivity contribution < 1.29 is 9.15 Å². The van der Waals surface area contributed by atoms with Crippen molar-refractivity contribution in [2.24, 2.45) is 0 Å². The van der Waals surface area contributed by atoms with Crippen molar-refractivity contribution in [3.05, 3.63) is 5.89 Å². The second kappa shape index (κ2) is 7.45. The van der Waals surface area contributed by atoms with Gasteiger partial charge in [-0.3, -0.25) is 0 Å². The first-order valence-electron chi connectivity index (χ1n) is 7.06. The predicted molar refractivity (Wildman–Crippen MR) is 73.0 cm³/mol. The molecular formula is C13H24N4O2. The number of hydrogen-bond acceptors (Lipinski definition) is 6. The van der Waals surface area contributed by atoms with E-state index in [0.29, 0.717) is 24.6 Å². The number of ether oxygens (including phenoxy) is 1. The van der Waals surface area contributed by atoms with Gasteiger partial charge in [-0.1, -0.05) is 5.10 Å². The number of anilines is 1. The Hall–Kier alpha value is -1.14. The van der Waals surface area contributed by atoms with Gasteiger partial charge in [0.1, 0.15) is 0 Å². The SMILES string of the molecule is CN(C)Cc1nnc(NCCCCC2CCCO2)o1. The molecule has 1 aromatic heterocycles. The van der Waals surface area contributed by atoms with E-state index in [0.717, 1.165) is 26.0 Å². The number of nitrogens with one attached hydrogen (secondary N) is 1. The lowest BCUT2D eigenvalue weighted by Crippen LogP contribution is -2.10. The van der Waals surface area contributed by atoms with Crippen LogP contribution in [0.5, 0.6) is 0 Å². The minimum atomic E-state index is 0.495. The Morgan fingerprint density at radius 3 is 2.95 bits per heavy atom. The van der Waals surface area contributed by atoms with E-state index in [1.807, 2.05) is 19.0 Å². The maximum atomic E-state index is 5.59. The smallest absolute Gasteiger partial charge is 0.315 e. The molecule has 0 aromatic carbocycles. The first-order valence-corrected chi connectivity index (χ1v) is 7.06. The molecule has 0 spiro atoms. The summed E-state index contributed by atoms with van der Waals surface area (Å²) in [6, 6.07) is 0.522. The Bertz CT molecular complexity index is 361. The summed E-state index contributed by atoms with van der Waals surface area (Å²) in [6.45, 7) is 2.49. The van der Waals surface area contributed by atoms with Crippen LogP contribution in [0.15, 0.2) is 4.42 Å². The van der Waals surface area contributed by atoms with Crippen LogP contribution in [-0.4, -0.2) is 48.4 Å². The van der Waals surface area contributed by atoms with Gasteiger partial charge in [-0.15, -0.1) is 5.10 Å². The summed E-state index contributed by atoms with van der Waals surface area (Å²) in [5.74, 6) is 0.645. The van der Waals surface area contributed by atoms with Crippen LogP contribution in [0.3, 0.4) is 0 Å². The fraction of sp³-hybridized carbons (Fsp3) is 0.846. The number of aromatic nitrogens is 2. The van der Waals surface area contributed by atoms with Crippen molar-refractivity contribution in [3.63, 3.8) is 0 Å². The lowest BCUT2D eigenvalue weighted by molar-refractivity contribution is 0.102. The molecule has 1 atom stereocenters. The van der Waals surface area contributed by atoms with Gasteiger partial charge in [0.05, 0.1) is 12.6 Å². The summed E-state index contributed by atoms with van der Waals surface area (Å²) in [6.07, 6.45) is 6.39. The highest BCUT2D eigenvalue weighted by atomic mass is 16.5. The molecule has 0 amide bonds. The van der Waals surface area contributed by atoms with Crippen molar-refractivity contribution in [3.8, 4) is 0 Å². The van der Waals surface area contributed by atoms with Gasteiger partial charge in [-0.2, -0.15) is 0 Å². The number of unbranched alkanes of at least 4 members (excludes halogenated alkanes) is 1. The van der Waals surface area contributed by atoms with Gasteiger partial charge >= 0.3 is 6.01 Å². The number of nitrogens with zero attached hydrogens (tertiary/aromatic N) is 3. The van der Waals surface area contributed by atoms with Gasteiger partial charge in [0.25, 0.3) is 0 Å². The average molecular weight is 268 g/mol. The van der Waals surface area contributed by atoms with E-state index in [-0.39, 0.29) is 0 Å². The summed E-state index contributed by atoms with van der Waals surface area (Å²) in [7, 11) is 3.95. The molecule has 1 aliphatic rings. The molecular weight excluding hydrogens is 244 g/mol. The van der Waals surface area contributed by atoms with E-state index >= 15 is 0 Å². The summed E-state index contributed by atoms with van der Waals surface area (Å²) in [4.78, 5) is 2.00. The molecule has 1 fully saturated rings. The lowest BCUT2D eigenvalue weighted by atomic mass is 10.1. The Morgan fingerprint density at radius 1 is 1.32 bits per heavy atom.